The van der Waals surface area contributed by atoms with Gasteiger partial charge in [0.1, 0.15) is 5.84 Å². The van der Waals surface area contributed by atoms with Crippen LogP contribution < -0.4 is 5.73 Å². The Morgan fingerprint density at radius 3 is 2.39 bits per heavy atom. The van der Waals surface area contributed by atoms with Gasteiger partial charge in [0, 0.05) is 51.2 Å². The number of amides is 2. The number of nitrogens with zero attached hydrogens (tertiary/aromatic N) is 3. The lowest BCUT2D eigenvalue weighted by Crippen LogP contribution is -2.27. The molecule has 2 heterocycles. The number of hydrogen-bond acceptors (Lipinski definition) is 4. The van der Waals surface area contributed by atoms with Gasteiger partial charge in [-0.25, -0.2) is 4.99 Å². The minimum absolute atomic E-state index is 0.0388. The first-order valence-electron chi connectivity index (χ1n) is 10.7. The van der Waals surface area contributed by atoms with Crippen LogP contribution in [-0.4, -0.2) is 54.6 Å². The van der Waals surface area contributed by atoms with E-state index in [0.29, 0.717) is 18.7 Å². The van der Waals surface area contributed by atoms with E-state index in [4.69, 9.17) is 5.73 Å². The van der Waals surface area contributed by atoms with Crippen molar-refractivity contribution in [3.8, 4) is 11.1 Å². The van der Waals surface area contributed by atoms with Gasteiger partial charge in [0.05, 0.1) is 5.69 Å². The number of fused-ring (bicyclic) bond motifs is 1. The third-order valence-electron chi connectivity index (χ3n) is 5.79. The number of rotatable bonds is 4. The molecule has 2 aliphatic rings. The fraction of sp³-hybridized carbons (Fsp3) is 0.320. The normalized spacial score (nSPS) is 15.6. The molecule has 0 radical (unpaired) electrons. The summed E-state index contributed by atoms with van der Waals surface area (Å²) in [4.78, 5) is 32.8. The molecule has 6 heteroatoms. The van der Waals surface area contributed by atoms with Crippen molar-refractivity contribution in [2.45, 2.75) is 25.7 Å². The van der Waals surface area contributed by atoms with Crippen molar-refractivity contribution >= 4 is 29.4 Å². The Morgan fingerprint density at radius 1 is 1.03 bits per heavy atom. The molecule has 2 amide bonds. The number of carbonyl (C=O) groups is 2. The lowest BCUT2D eigenvalue weighted by Gasteiger charge is -2.15. The van der Waals surface area contributed by atoms with Gasteiger partial charge in [-0.15, -0.1) is 0 Å². The highest BCUT2D eigenvalue weighted by atomic mass is 16.2. The molecule has 0 bridgehead atoms. The molecular formula is C25H28N4O2. The van der Waals surface area contributed by atoms with Gasteiger partial charge >= 0.3 is 0 Å². The van der Waals surface area contributed by atoms with Crippen LogP contribution in [0.25, 0.3) is 17.2 Å². The maximum atomic E-state index is 12.6. The Bertz CT molecular complexity index is 1060. The van der Waals surface area contributed by atoms with Crippen molar-refractivity contribution in [3.63, 3.8) is 0 Å². The smallest absolute Gasteiger partial charge is 0.253 e. The fourth-order valence-corrected chi connectivity index (χ4v) is 4.02. The minimum atomic E-state index is 0.0388. The number of carbonyl (C=O) groups excluding carboxylic acids is 2. The van der Waals surface area contributed by atoms with Crippen LogP contribution in [0.1, 0.15) is 41.6 Å². The van der Waals surface area contributed by atoms with Crippen molar-refractivity contribution in [2.24, 2.45) is 10.7 Å². The SMILES string of the molecule is CN(C)C(=O)CC1=Cc2cc(-c3ccc(C(=O)N4CCCC4)cc3)ccc2N=C(N)C1. The van der Waals surface area contributed by atoms with Crippen molar-refractivity contribution in [2.75, 3.05) is 27.2 Å². The summed E-state index contributed by atoms with van der Waals surface area (Å²) in [6.07, 6.45) is 5.00. The van der Waals surface area contributed by atoms with E-state index < -0.39 is 0 Å². The van der Waals surface area contributed by atoms with Crippen LogP contribution in [0.15, 0.2) is 53.0 Å². The van der Waals surface area contributed by atoms with Crippen LogP contribution in [-0.2, 0) is 4.79 Å². The zero-order valence-electron chi connectivity index (χ0n) is 18.1. The second-order valence-electron chi connectivity index (χ2n) is 8.40. The van der Waals surface area contributed by atoms with E-state index in [1.807, 2.05) is 47.4 Å². The molecular weight excluding hydrogens is 388 g/mol. The van der Waals surface area contributed by atoms with E-state index in [-0.39, 0.29) is 11.8 Å². The van der Waals surface area contributed by atoms with Crippen molar-refractivity contribution in [1.82, 2.24) is 9.80 Å². The molecule has 2 N–H and O–H groups in total. The zero-order valence-corrected chi connectivity index (χ0v) is 18.1. The maximum absolute atomic E-state index is 12.6. The molecule has 160 valence electrons. The fourth-order valence-electron chi connectivity index (χ4n) is 4.02. The van der Waals surface area contributed by atoms with E-state index in [9.17, 15) is 9.59 Å². The summed E-state index contributed by atoms with van der Waals surface area (Å²) < 4.78 is 0. The van der Waals surface area contributed by atoms with Crippen molar-refractivity contribution < 1.29 is 9.59 Å². The Kier molecular flexibility index (Phi) is 5.89. The summed E-state index contributed by atoms with van der Waals surface area (Å²) in [7, 11) is 3.50. The average Bonchev–Trinajstić information content (AvgIpc) is 3.24. The van der Waals surface area contributed by atoms with Crippen LogP contribution in [0.3, 0.4) is 0 Å². The largest absolute Gasteiger partial charge is 0.387 e. The topological polar surface area (TPSA) is 79.0 Å². The molecule has 2 aromatic rings. The highest BCUT2D eigenvalue weighted by Gasteiger charge is 2.19. The van der Waals surface area contributed by atoms with Crippen LogP contribution in [0, 0.1) is 0 Å². The van der Waals surface area contributed by atoms with Crippen LogP contribution >= 0.6 is 0 Å². The van der Waals surface area contributed by atoms with Gasteiger partial charge in [0.15, 0.2) is 0 Å². The van der Waals surface area contributed by atoms with E-state index in [2.05, 4.69) is 11.1 Å². The second-order valence-corrected chi connectivity index (χ2v) is 8.40. The first-order valence-corrected chi connectivity index (χ1v) is 10.7. The summed E-state index contributed by atoms with van der Waals surface area (Å²) in [6.45, 7) is 1.69. The number of likely N-dealkylation sites (tertiary alicyclic amines) is 1. The average molecular weight is 417 g/mol. The Balaban J connectivity index is 1.60. The molecule has 0 aliphatic carbocycles. The quantitative estimate of drug-likeness (QED) is 0.822. The first kappa shape index (κ1) is 20.8. The molecule has 31 heavy (non-hydrogen) atoms. The zero-order chi connectivity index (χ0) is 22.0. The summed E-state index contributed by atoms with van der Waals surface area (Å²) >= 11 is 0. The van der Waals surface area contributed by atoms with E-state index in [1.54, 1.807) is 19.0 Å². The molecule has 0 saturated carbocycles. The summed E-state index contributed by atoms with van der Waals surface area (Å²) in [5, 5.41) is 0. The molecule has 0 spiro atoms. The standard InChI is InChI=1S/C25H28N4O2/c1-28(2)24(30)15-17-13-21-16-20(9-10-22(21)27-23(26)14-17)18-5-7-19(8-6-18)25(31)29-11-3-4-12-29/h5-10,13,16H,3-4,11-12,14-15H2,1-2H3,(H2,26,27). The lowest BCUT2D eigenvalue weighted by atomic mass is 9.98. The van der Waals surface area contributed by atoms with E-state index in [1.165, 1.54) is 0 Å². The third-order valence-corrected chi connectivity index (χ3v) is 5.79. The number of aliphatic imine (C=N–C) groups is 1. The molecule has 2 aliphatic heterocycles. The first-order chi connectivity index (χ1) is 14.9. The van der Waals surface area contributed by atoms with Gasteiger partial charge in [-0.05, 0) is 48.2 Å². The van der Waals surface area contributed by atoms with E-state index >= 15 is 0 Å². The van der Waals surface area contributed by atoms with Gasteiger partial charge in [-0.1, -0.05) is 29.8 Å². The molecule has 0 atom stereocenters. The molecule has 1 fully saturated rings. The van der Waals surface area contributed by atoms with Gasteiger partial charge in [0.25, 0.3) is 5.91 Å². The van der Waals surface area contributed by atoms with Gasteiger partial charge < -0.3 is 15.5 Å². The van der Waals surface area contributed by atoms with Gasteiger partial charge in [-0.2, -0.15) is 0 Å². The maximum Gasteiger partial charge on any atom is 0.253 e. The van der Waals surface area contributed by atoms with Gasteiger partial charge in [-0.3, -0.25) is 9.59 Å². The minimum Gasteiger partial charge on any atom is -0.387 e. The molecule has 6 nitrogen and oxygen atoms in total. The second kappa shape index (κ2) is 8.76. The molecule has 0 aromatic heterocycles. The predicted molar refractivity (Wildman–Crippen MR) is 124 cm³/mol. The number of hydrogen-bond donors (Lipinski definition) is 1. The summed E-state index contributed by atoms with van der Waals surface area (Å²) in [5.74, 6) is 0.653. The highest BCUT2D eigenvalue weighted by molar-refractivity contribution is 5.95. The Hall–Kier alpha value is -3.41. The van der Waals surface area contributed by atoms with Crippen LogP contribution in [0.5, 0.6) is 0 Å². The third kappa shape index (κ3) is 4.68. The predicted octanol–water partition coefficient (Wildman–Crippen LogP) is 3.84. The summed E-state index contributed by atoms with van der Waals surface area (Å²) in [6, 6.07) is 13.8. The molecule has 0 unspecified atom stereocenters. The number of nitrogens with two attached hydrogens (primary N) is 1. The number of benzene rings is 2. The summed E-state index contributed by atoms with van der Waals surface area (Å²) in [5.41, 5.74) is 11.6. The van der Waals surface area contributed by atoms with Crippen molar-refractivity contribution in [3.05, 3.63) is 59.2 Å². The number of amidine groups is 1. The monoisotopic (exact) mass is 416 g/mol. The molecule has 2 aromatic carbocycles. The molecule has 1 saturated heterocycles. The van der Waals surface area contributed by atoms with Gasteiger partial charge in [0.2, 0.25) is 5.91 Å². The molecule has 4 rings (SSSR count). The Morgan fingerprint density at radius 2 is 1.71 bits per heavy atom. The lowest BCUT2D eigenvalue weighted by molar-refractivity contribution is -0.127. The van der Waals surface area contributed by atoms with Crippen LogP contribution in [0.2, 0.25) is 0 Å². The van der Waals surface area contributed by atoms with Crippen LogP contribution in [0.4, 0.5) is 5.69 Å². The van der Waals surface area contributed by atoms with E-state index in [0.717, 1.165) is 59.4 Å². The van der Waals surface area contributed by atoms with Crippen molar-refractivity contribution in [1.29, 1.82) is 0 Å². The highest BCUT2D eigenvalue weighted by Crippen LogP contribution is 2.32. The Labute approximate surface area is 183 Å².